The summed E-state index contributed by atoms with van der Waals surface area (Å²) in [6.07, 6.45) is 2.60. The second-order valence-corrected chi connectivity index (χ2v) is 17.0. The first-order valence-electron chi connectivity index (χ1n) is 19.4. The van der Waals surface area contributed by atoms with Crippen LogP contribution in [-0.2, 0) is 6.54 Å². The maximum Gasteiger partial charge on any atom is 0.519 e. The van der Waals surface area contributed by atoms with E-state index in [-0.39, 0.29) is 45.7 Å². The number of pyridine rings is 2. The predicted molar refractivity (Wildman–Crippen MR) is 217 cm³/mol. The Morgan fingerprint density at radius 1 is 0.917 bits per heavy atom. The van der Waals surface area contributed by atoms with Gasteiger partial charge in [0.25, 0.3) is 0 Å². The average molecular weight is 854 g/mol. The zero-order valence-electron chi connectivity index (χ0n) is 33.0. The van der Waals surface area contributed by atoms with E-state index in [0.29, 0.717) is 73.6 Å². The lowest BCUT2D eigenvalue weighted by Crippen LogP contribution is -2.54. The average Bonchev–Trinajstić information content (AvgIpc) is 3.97. The number of nitrogens with zero attached hydrogens (tertiary/aromatic N) is 5. The number of benzene rings is 2. The van der Waals surface area contributed by atoms with Crippen LogP contribution in [0.1, 0.15) is 77.3 Å². The number of carboxylic acid groups (broad SMARTS) is 2. The van der Waals surface area contributed by atoms with Crippen LogP contribution >= 0.6 is 11.8 Å². The van der Waals surface area contributed by atoms with Gasteiger partial charge in [-0.25, -0.2) is 27.6 Å². The lowest BCUT2D eigenvalue weighted by atomic mass is 10.0. The molecule has 9 rings (SSSR count). The Labute approximate surface area is 342 Å². The van der Waals surface area contributed by atoms with Gasteiger partial charge in [0.05, 0.1) is 44.7 Å². The van der Waals surface area contributed by atoms with Gasteiger partial charge in [0.15, 0.2) is 17.4 Å². The van der Waals surface area contributed by atoms with Crippen molar-refractivity contribution in [2.75, 3.05) is 54.8 Å². The summed E-state index contributed by atoms with van der Waals surface area (Å²) in [6, 6.07) is 2.69. The Morgan fingerprint density at radius 2 is 1.58 bits per heavy atom. The number of piperazine rings is 2. The molecule has 318 valence electrons. The number of nitrogen functional groups attached to an aromatic ring is 1. The highest BCUT2D eigenvalue weighted by atomic mass is 32.2. The molecule has 3 aliphatic heterocycles. The van der Waals surface area contributed by atoms with Gasteiger partial charge >= 0.3 is 17.8 Å². The summed E-state index contributed by atoms with van der Waals surface area (Å²) < 4.78 is 59.0. The number of carbonyl (C=O) groups is 2. The van der Waals surface area contributed by atoms with Gasteiger partial charge in [0.2, 0.25) is 10.9 Å². The third kappa shape index (κ3) is 7.08. The van der Waals surface area contributed by atoms with E-state index in [9.17, 15) is 34.2 Å². The van der Waals surface area contributed by atoms with Crippen LogP contribution < -0.4 is 37.5 Å². The molecule has 0 unspecified atom stereocenters. The van der Waals surface area contributed by atoms with Crippen LogP contribution in [-0.4, -0.2) is 87.5 Å². The lowest BCUT2D eigenvalue weighted by Gasteiger charge is -2.38. The smallest absolute Gasteiger partial charge is 0.477 e. The van der Waals surface area contributed by atoms with Gasteiger partial charge in [-0.3, -0.25) is 14.5 Å². The van der Waals surface area contributed by atoms with Crippen molar-refractivity contribution in [3.8, 4) is 0 Å². The maximum atomic E-state index is 15.6. The van der Waals surface area contributed by atoms with Crippen LogP contribution in [0.3, 0.4) is 0 Å². The van der Waals surface area contributed by atoms with E-state index in [0.717, 1.165) is 25.1 Å². The van der Waals surface area contributed by atoms with Crippen molar-refractivity contribution < 1.29 is 41.8 Å². The first-order valence-corrected chi connectivity index (χ1v) is 20.3. The van der Waals surface area contributed by atoms with Crippen molar-refractivity contribution in [3.63, 3.8) is 0 Å². The fourth-order valence-corrected chi connectivity index (χ4v) is 9.62. The van der Waals surface area contributed by atoms with Crippen molar-refractivity contribution in [1.82, 2.24) is 19.4 Å². The molecule has 0 spiro atoms. The second-order valence-electron chi connectivity index (χ2n) is 15.7. The quantitative estimate of drug-likeness (QED) is 0.163. The van der Waals surface area contributed by atoms with Crippen molar-refractivity contribution in [2.45, 2.75) is 75.6 Å². The zero-order chi connectivity index (χ0) is 43.1. The number of nitrogens with two attached hydrogens (primary N) is 1. The number of nitrogens with one attached hydrogen (secondary N) is 1. The number of fused-ring (bicyclic) bond motifs is 4. The molecule has 3 fully saturated rings. The number of aromatic nitrogens is 2. The molecule has 5 aromatic rings. The second kappa shape index (κ2) is 15.4. The van der Waals surface area contributed by atoms with E-state index in [1.54, 1.807) is 22.5 Å². The van der Waals surface area contributed by atoms with Crippen LogP contribution in [0.2, 0.25) is 0 Å². The fourth-order valence-electron chi connectivity index (χ4n) is 8.47. The number of carboxylic acids is 2. The van der Waals surface area contributed by atoms with Crippen molar-refractivity contribution >= 4 is 62.6 Å². The van der Waals surface area contributed by atoms with E-state index in [1.165, 1.54) is 16.3 Å². The molecule has 1 saturated carbocycles. The molecule has 0 bridgehead atoms. The Kier molecular flexibility index (Phi) is 10.5. The van der Waals surface area contributed by atoms with Gasteiger partial charge in [-0.2, -0.15) is 0 Å². The van der Waals surface area contributed by atoms with Gasteiger partial charge in [-0.05, 0) is 52.7 Å². The minimum Gasteiger partial charge on any atom is -0.477 e. The molecule has 2 saturated heterocycles. The van der Waals surface area contributed by atoms with Gasteiger partial charge in [-0.15, -0.1) is 0 Å². The molecule has 5 N–H and O–H groups in total. The first kappa shape index (κ1) is 41.0. The minimum atomic E-state index is -1.45. The molecule has 60 heavy (non-hydrogen) atoms. The molecular weight excluding hydrogens is 812 g/mol. The molecular formula is C40H42F3N7O9S. The number of anilines is 3. The summed E-state index contributed by atoms with van der Waals surface area (Å²) >= 11 is 1.32. The van der Waals surface area contributed by atoms with E-state index >= 15 is 13.2 Å². The zero-order valence-corrected chi connectivity index (χ0v) is 33.8. The van der Waals surface area contributed by atoms with Crippen LogP contribution in [0.25, 0.3) is 21.8 Å². The van der Waals surface area contributed by atoms with Crippen molar-refractivity contribution in [2.24, 2.45) is 0 Å². The summed E-state index contributed by atoms with van der Waals surface area (Å²) in [5, 5.41) is 22.1. The number of hydrogen-bond acceptors (Lipinski definition) is 13. The van der Waals surface area contributed by atoms with Crippen LogP contribution in [0, 0.1) is 24.4 Å². The van der Waals surface area contributed by atoms with Gasteiger partial charge in [-0.1, -0.05) is 11.8 Å². The molecule has 2 aromatic carbocycles. The topological polar surface area (TPSA) is 210 Å². The number of aromatic carboxylic acids is 2. The Hall–Kier alpha value is -5.73. The van der Waals surface area contributed by atoms with E-state index in [2.05, 4.69) is 10.2 Å². The van der Waals surface area contributed by atoms with Crippen LogP contribution in [0.15, 0.2) is 46.6 Å². The molecule has 1 aliphatic carbocycles. The highest BCUT2D eigenvalue weighted by Gasteiger charge is 2.36. The van der Waals surface area contributed by atoms with Crippen molar-refractivity contribution in [3.05, 3.63) is 89.5 Å². The number of hydrogen-bond donors (Lipinski definition) is 4. The fraction of sp³-hybridized carbons (Fsp3) is 0.425. The Balaban J connectivity index is 0.000000168. The van der Waals surface area contributed by atoms with Crippen molar-refractivity contribution in [1.29, 1.82) is 0 Å². The molecule has 3 atom stereocenters. The molecule has 0 amide bonds. The third-order valence-electron chi connectivity index (χ3n) is 11.4. The van der Waals surface area contributed by atoms with Crippen LogP contribution in [0.5, 0.6) is 0 Å². The standard InChI is InChI=1S/C21H20FN3O6S.C19H22F2N4O3/c1-10-16(31-21(29)30-10)9-23-3-5-24(6-4-23)15-8-14-12(7-13(15)22)18(26)17(20(27)28)19-25(14)11(2)32-19;1-8-5-24(6-9(2)23-8)17-13(20)15(22)12-16(14(17)21)25(10-3-4-10)7-11(18(12)26)19(27)28/h7-8,11H,3-6,9H2,1-2H3,(H,27,28);7-10,23H,3-6,22H2,1-2H3,(H,27,28)/t11-;8-,9+/m1./s1. The Morgan fingerprint density at radius 3 is 2.15 bits per heavy atom. The lowest BCUT2D eigenvalue weighted by molar-refractivity contribution is 0.0681. The highest BCUT2D eigenvalue weighted by molar-refractivity contribution is 8.00. The van der Waals surface area contributed by atoms with Gasteiger partial charge in [0.1, 0.15) is 28.4 Å². The molecule has 20 heteroatoms. The normalized spacial score (nSPS) is 20.5. The third-order valence-corrected chi connectivity index (χ3v) is 12.6. The number of aryl methyl sites for hydroxylation is 1. The molecule has 16 nitrogen and oxygen atoms in total. The predicted octanol–water partition coefficient (Wildman–Crippen LogP) is 4.72. The largest absolute Gasteiger partial charge is 0.519 e. The van der Waals surface area contributed by atoms with E-state index in [1.807, 2.05) is 25.7 Å². The molecule has 4 aliphatic rings. The Bertz CT molecular complexity index is 2780. The summed E-state index contributed by atoms with van der Waals surface area (Å²) in [6.45, 7) is 10.9. The molecule has 3 aromatic heterocycles. The number of thioether (sulfide) groups is 1. The first-order chi connectivity index (χ1) is 28.4. The van der Waals surface area contributed by atoms with Gasteiger partial charge in [0, 0.05) is 69.0 Å². The minimum absolute atomic E-state index is 0.0134. The summed E-state index contributed by atoms with van der Waals surface area (Å²) in [5.74, 6) is -4.98. The van der Waals surface area contributed by atoms with Gasteiger partial charge < -0.3 is 49.0 Å². The monoisotopic (exact) mass is 853 g/mol. The highest BCUT2D eigenvalue weighted by Crippen LogP contribution is 2.47. The maximum absolute atomic E-state index is 15.6. The SMILES string of the molecule is C[C@@H]1CN(c2c(F)c(N)c3c(=O)c(C(=O)O)cn(C4CC4)c3c2F)C[C@H](C)N1.Cc1oc(=O)oc1CN1CCN(c2cc3c(cc2F)c(=O)c(C(=O)O)c2n3[C@@H](C)S2)CC1. The van der Waals surface area contributed by atoms with E-state index in [4.69, 9.17) is 14.6 Å². The van der Waals surface area contributed by atoms with E-state index < -0.39 is 62.7 Å². The molecule has 6 heterocycles. The summed E-state index contributed by atoms with van der Waals surface area (Å²) in [4.78, 5) is 65.3. The summed E-state index contributed by atoms with van der Waals surface area (Å²) in [5.41, 5.74) is 3.49. The summed E-state index contributed by atoms with van der Waals surface area (Å²) in [7, 11) is 0. The van der Waals surface area contributed by atoms with Crippen LogP contribution in [0.4, 0.5) is 30.2 Å². The number of rotatable bonds is 7. The number of halogens is 3. The molecule has 0 radical (unpaired) electrons.